The number of hydrogen-bond acceptors (Lipinski definition) is 3. The van der Waals surface area contributed by atoms with E-state index in [-0.39, 0.29) is 0 Å². The van der Waals surface area contributed by atoms with E-state index in [0.29, 0.717) is 17.9 Å². The highest BCUT2D eigenvalue weighted by Gasteiger charge is 2.12. The number of aromatic nitrogens is 1. The van der Waals surface area contributed by atoms with Gasteiger partial charge in [-0.1, -0.05) is 34.6 Å². The molecular formula is C18H33N3. The van der Waals surface area contributed by atoms with Gasteiger partial charge in [0.15, 0.2) is 0 Å². The zero-order valence-electron chi connectivity index (χ0n) is 14.7. The van der Waals surface area contributed by atoms with Gasteiger partial charge in [0.2, 0.25) is 0 Å². The van der Waals surface area contributed by atoms with Crippen LogP contribution in [0.1, 0.15) is 59.7 Å². The van der Waals surface area contributed by atoms with Gasteiger partial charge in [0.1, 0.15) is 0 Å². The molecule has 0 saturated carbocycles. The van der Waals surface area contributed by atoms with Crippen molar-refractivity contribution in [2.45, 2.75) is 54.0 Å². The molecule has 1 rings (SSSR count). The third-order valence-electron chi connectivity index (χ3n) is 3.45. The van der Waals surface area contributed by atoms with Crippen molar-refractivity contribution in [1.29, 1.82) is 0 Å². The van der Waals surface area contributed by atoms with Crippen LogP contribution in [-0.2, 0) is 0 Å². The Hall–Kier alpha value is -1.09. The zero-order chi connectivity index (χ0) is 15.8. The predicted molar refractivity (Wildman–Crippen MR) is 92.8 cm³/mol. The summed E-state index contributed by atoms with van der Waals surface area (Å²) in [6.45, 7) is 16.7. The molecule has 0 aromatic carbocycles. The Morgan fingerprint density at radius 1 is 1.05 bits per heavy atom. The van der Waals surface area contributed by atoms with Crippen LogP contribution in [0.25, 0.3) is 0 Å². The first-order valence-electron chi connectivity index (χ1n) is 8.38. The lowest BCUT2D eigenvalue weighted by Gasteiger charge is -2.28. The second kappa shape index (κ2) is 9.04. The summed E-state index contributed by atoms with van der Waals surface area (Å²) in [5.41, 5.74) is 2.37. The molecule has 1 atom stereocenters. The van der Waals surface area contributed by atoms with Crippen molar-refractivity contribution in [3.8, 4) is 0 Å². The van der Waals surface area contributed by atoms with Gasteiger partial charge in [-0.15, -0.1) is 0 Å². The second-order valence-electron chi connectivity index (χ2n) is 6.81. The number of anilines is 1. The predicted octanol–water partition coefficient (Wildman–Crippen LogP) is 4.26. The lowest BCUT2D eigenvalue weighted by molar-refractivity contribution is 0.548. The first kappa shape index (κ1) is 18.0. The van der Waals surface area contributed by atoms with Crippen molar-refractivity contribution in [2.24, 2.45) is 11.8 Å². The van der Waals surface area contributed by atoms with Crippen LogP contribution in [0.3, 0.4) is 0 Å². The Kier molecular flexibility index (Phi) is 7.73. The first-order chi connectivity index (χ1) is 9.93. The van der Waals surface area contributed by atoms with Gasteiger partial charge in [-0.25, -0.2) is 0 Å². The monoisotopic (exact) mass is 291 g/mol. The van der Waals surface area contributed by atoms with Gasteiger partial charge in [-0.05, 0) is 43.9 Å². The van der Waals surface area contributed by atoms with E-state index in [2.05, 4.69) is 68.9 Å². The SMILES string of the molecule is CCCNC(C)c1ccc(N(CC(C)C)CC(C)C)cn1. The van der Waals surface area contributed by atoms with Gasteiger partial charge in [0.25, 0.3) is 0 Å². The molecule has 21 heavy (non-hydrogen) atoms. The minimum Gasteiger partial charge on any atom is -0.370 e. The lowest BCUT2D eigenvalue weighted by Crippen LogP contribution is -2.31. The summed E-state index contributed by atoms with van der Waals surface area (Å²) >= 11 is 0. The Morgan fingerprint density at radius 3 is 2.10 bits per heavy atom. The van der Waals surface area contributed by atoms with Crippen molar-refractivity contribution in [2.75, 3.05) is 24.5 Å². The summed E-state index contributed by atoms with van der Waals surface area (Å²) in [7, 11) is 0. The molecule has 3 nitrogen and oxygen atoms in total. The van der Waals surface area contributed by atoms with E-state index in [1.807, 2.05) is 6.20 Å². The van der Waals surface area contributed by atoms with Gasteiger partial charge < -0.3 is 10.2 Å². The maximum Gasteiger partial charge on any atom is 0.0572 e. The molecule has 0 spiro atoms. The third-order valence-corrected chi connectivity index (χ3v) is 3.45. The molecule has 1 aromatic rings. The molecule has 0 aliphatic heterocycles. The normalized spacial score (nSPS) is 13.0. The fraction of sp³-hybridized carbons (Fsp3) is 0.722. The van der Waals surface area contributed by atoms with Crippen LogP contribution in [-0.4, -0.2) is 24.6 Å². The summed E-state index contributed by atoms with van der Waals surface area (Å²) in [5, 5.41) is 3.49. The van der Waals surface area contributed by atoms with E-state index in [4.69, 9.17) is 0 Å². The molecule has 120 valence electrons. The van der Waals surface area contributed by atoms with Crippen molar-refractivity contribution in [3.05, 3.63) is 24.0 Å². The molecule has 0 fully saturated rings. The van der Waals surface area contributed by atoms with Crippen LogP contribution >= 0.6 is 0 Å². The summed E-state index contributed by atoms with van der Waals surface area (Å²) in [5.74, 6) is 1.32. The van der Waals surface area contributed by atoms with Gasteiger partial charge >= 0.3 is 0 Å². The van der Waals surface area contributed by atoms with Gasteiger partial charge in [0, 0.05) is 19.1 Å². The molecule has 1 heterocycles. The van der Waals surface area contributed by atoms with Crippen LogP contribution in [0, 0.1) is 11.8 Å². The van der Waals surface area contributed by atoms with Gasteiger partial charge in [-0.3, -0.25) is 4.98 Å². The molecule has 1 unspecified atom stereocenters. The zero-order valence-corrected chi connectivity index (χ0v) is 14.7. The molecule has 3 heteroatoms. The molecule has 0 radical (unpaired) electrons. The quantitative estimate of drug-likeness (QED) is 0.737. The van der Waals surface area contributed by atoms with E-state index in [0.717, 1.165) is 31.7 Å². The number of nitrogens with one attached hydrogen (secondary N) is 1. The Morgan fingerprint density at radius 2 is 1.67 bits per heavy atom. The lowest BCUT2D eigenvalue weighted by atomic mass is 10.1. The minimum atomic E-state index is 0.322. The highest BCUT2D eigenvalue weighted by Crippen LogP contribution is 2.19. The van der Waals surface area contributed by atoms with Crippen LogP contribution < -0.4 is 10.2 Å². The molecular weight excluding hydrogens is 258 g/mol. The third kappa shape index (κ3) is 6.47. The number of rotatable bonds is 9. The number of pyridine rings is 1. The average Bonchev–Trinajstić information content (AvgIpc) is 2.43. The largest absolute Gasteiger partial charge is 0.370 e. The van der Waals surface area contributed by atoms with Crippen molar-refractivity contribution >= 4 is 5.69 Å². The van der Waals surface area contributed by atoms with Crippen molar-refractivity contribution < 1.29 is 0 Å². The molecule has 1 N–H and O–H groups in total. The fourth-order valence-electron chi connectivity index (χ4n) is 2.47. The maximum absolute atomic E-state index is 4.66. The average molecular weight is 291 g/mol. The second-order valence-corrected chi connectivity index (χ2v) is 6.81. The summed E-state index contributed by atoms with van der Waals surface area (Å²) in [4.78, 5) is 7.12. The van der Waals surface area contributed by atoms with Crippen molar-refractivity contribution in [1.82, 2.24) is 10.3 Å². The maximum atomic E-state index is 4.66. The Bertz CT molecular complexity index is 374. The molecule has 0 saturated heterocycles. The van der Waals surface area contributed by atoms with Gasteiger partial charge in [-0.2, -0.15) is 0 Å². The van der Waals surface area contributed by atoms with E-state index in [9.17, 15) is 0 Å². The van der Waals surface area contributed by atoms with Crippen LogP contribution in [0.5, 0.6) is 0 Å². The fourth-order valence-corrected chi connectivity index (χ4v) is 2.47. The standard InChI is InChI=1S/C18H33N3/c1-7-10-19-16(6)18-9-8-17(11-20-18)21(12-14(2)3)13-15(4)5/h8-9,11,14-16,19H,7,10,12-13H2,1-6H3. The van der Waals surface area contributed by atoms with E-state index >= 15 is 0 Å². The molecule has 0 amide bonds. The highest BCUT2D eigenvalue weighted by molar-refractivity contribution is 5.45. The summed E-state index contributed by atoms with van der Waals surface area (Å²) < 4.78 is 0. The smallest absolute Gasteiger partial charge is 0.0572 e. The van der Waals surface area contributed by atoms with Crippen LogP contribution in [0.15, 0.2) is 18.3 Å². The van der Waals surface area contributed by atoms with E-state index < -0.39 is 0 Å². The van der Waals surface area contributed by atoms with Crippen LogP contribution in [0.2, 0.25) is 0 Å². The molecule has 0 aliphatic carbocycles. The number of hydrogen-bond donors (Lipinski definition) is 1. The minimum absolute atomic E-state index is 0.322. The Balaban J connectivity index is 2.76. The van der Waals surface area contributed by atoms with Crippen LogP contribution in [0.4, 0.5) is 5.69 Å². The summed E-state index contributed by atoms with van der Waals surface area (Å²) in [6, 6.07) is 4.70. The summed E-state index contributed by atoms with van der Waals surface area (Å²) in [6.07, 6.45) is 3.18. The molecule has 1 aromatic heterocycles. The van der Waals surface area contributed by atoms with Crippen molar-refractivity contribution in [3.63, 3.8) is 0 Å². The molecule has 0 aliphatic rings. The number of nitrogens with zero attached hydrogens (tertiary/aromatic N) is 2. The van der Waals surface area contributed by atoms with E-state index in [1.165, 1.54) is 5.69 Å². The molecule has 0 bridgehead atoms. The first-order valence-corrected chi connectivity index (χ1v) is 8.38. The Labute approximate surface area is 131 Å². The van der Waals surface area contributed by atoms with E-state index in [1.54, 1.807) is 0 Å². The highest BCUT2D eigenvalue weighted by atomic mass is 15.1. The topological polar surface area (TPSA) is 28.2 Å². The van der Waals surface area contributed by atoms with Gasteiger partial charge in [0.05, 0.1) is 17.6 Å².